The second-order valence-corrected chi connectivity index (χ2v) is 7.49. The quantitative estimate of drug-likeness (QED) is 0.458. The minimum absolute atomic E-state index is 0.168. The Bertz CT molecular complexity index is 1550. The minimum Gasteiger partial charge on any atom is -0.285 e. The molecule has 6 rings (SSSR count). The van der Waals surface area contributed by atoms with Crippen molar-refractivity contribution >= 4 is 16.7 Å². The summed E-state index contributed by atoms with van der Waals surface area (Å²) < 4.78 is 3.28. The van der Waals surface area contributed by atoms with Gasteiger partial charge in [-0.25, -0.2) is 4.98 Å². The van der Waals surface area contributed by atoms with E-state index in [2.05, 4.69) is 15.3 Å². The number of aromatic nitrogens is 5. The summed E-state index contributed by atoms with van der Waals surface area (Å²) in [6.45, 7) is 0.520. The van der Waals surface area contributed by atoms with Gasteiger partial charge < -0.3 is 0 Å². The first-order chi connectivity index (χ1) is 15.2. The molecule has 0 radical (unpaired) electrons. The number of nitrogens with zero attached hydrogens (tertiary/aromatic N) is 4. The van der Waals surface area contributed by atoms with Gasteiger partial charge in [0.2, 0.25) is 11.5 Å². The molecule has 0 spiro atoms. The van der Waals surface area contributed by atoms with Crippen LogP contribution >= 0.6 is 0 Å². The number of nitrogens with one attached hydrogen (secondary N) is 1. The summed E-state index contributed by atoms with van der Waals surface area (Å²) >= 11 is 0. The zero-order chi connectivity index (χ0) is 20.9. The van der Waals surface area contributed by atoms with Crippen molar-refractivity contribution in [3.63, 3.8) is 0 Å². The third-order valence-corrected chi connectivity index (χ3v) is 5.52. The Hall–Kier alpha value is -4.39. The van der Waals surface area contributed by atoms with Crippen molar-refractivity contribution in [1.29, 1.82) is 0 Å². The number of ketones is 1. The molecule has 0 atom stereocenters. The predicted molar refractivity (Wildman–Crippen MR) is 114 cm³/mol. The number of rotatable bonds is 3. The maximum atomic E-state index is 13.3. The molecule has 2 aromatic heterocycles. The lowest BCUT2D eigenvalue weighted by Gasteiger charge is -2.06. The topological polar surface area (TPSA) is 84.5 Å². The Morgan fingerprint density at radius 1 is 0.935 bits per heavy atom. The molecule has 3 heterocycles. The minimum atomic E-state index is -0.236. The van der Waals surface area contributed by atoms with E-state index in [1.807, 2.05) is 59.4 Å². The number of fused-ring (bicyclic) bond motifs is 4. The normalized spacial score (nSPS) is 12.2. The van der Waals surface area contributed by atoms with E-state index in [-0.39, 0.29) is 17.2 Å². The van der Waals surface area contributed by atoms with Crippen LogP contribution in [0.5, 0.6) is 0 Å². The number of carbonyl (C=O) groups is 1. The van der Waals surface area contributed by atoms with Gasteiger partial charge in [0.05, 0.1) is 22.2 Å². The molecule has 7 nitrogen and oxygen atoms in total. The van der Waals surface area contributed by atoms with Gasteiger partial charge in [-0.05, 0) is 29.8 Å². The van der Waals surface area contributed by atoms with Crippen molar-refractivity contribution in [3.05, 3.63) is 106 Å². The van der Waals surface area contributed by atoms with Gasteiger partial charge in [-0.2, -0.15) is 4.68 Å². The number of para-hydroxylation sites is 1. The molecule has 0 unspecified atom stereocenters. The average Bonchev–Trinajstić information content (AvgIpc) is 3.38. The molecule has 0 aliphatic carbocycles. The van der Waals surface area contributed by atoms with E-state index < -0.39 is 0 Å². The standard InChI is InChI=1S/C24H15N5O2/c30-22-17-8-4-5-9-21(17)29-23(22)25-19-11-10-15(12-18(19)24(29)31)13-28-14-20(26-27-28)16-6-2-1-3-7-16/h1-12,14H,13H2/p+1. The fraction of sp³-hybridized carbons (Fsp3) is 0.0417. The molecule has 0 saturated carbocycles. The zero-order valence-electron chi connectivity index (χ0n) is 16.3. The summed E-state index contributed by atoms with van der Waals surface area (Å²) in [5.41, 5.74) is 4.17. The Morgan fingerprint density at radius 2 is 1.74 bits per heavy atom. The van der Waals surface area contributed by atoms with Gasteiger partial charge in [-0.3, -0.25) is 14.2 Å². The van der Waals surface area contributed by atoms with E-state index in [0.29, 0.717) is 28.7 Å². The lowest BCUT2D eigenvalue weighted by atomic mass is 10.1. The fourth-order valence-electron chi connectivity index (χ4n) is 4.04. The molecular formula is C24H16N5O2+. The second-order valence-electron chi connectivity index (χ2n) is 7.49. The molecule has 1 aliphatic heterocycles. The number of carbonyl (C=O) groups excluding carboxylic acids is 1. The van der Waals surface area contributed by atoms with E-state index in [1.54, 1.807) is 24.3 Å². The molecule has 3 aromatic carbocycles. The van der Waals surface area contributed by atoms with Crippen LogP contribution in [0.4, 0.5) is 0 Å². The van der Waals surface area contributed by atoms with Crippen LogP contribution in [0.15, 0.2) is 83.8 Å². The highest BCUT2D eigenvalue weighted by Crippen LogP contribution is 2.26. The first kappa shape index (κ1) is 17.5. The molecular weight excluding hydrogens is 390 g/mol. The van der Waals surface area contributed by atoms with Crippen LogP contribution in [0.25, 0.3) is 27.8 Å². The number of H-pyrrole nitrogens is 1. The van der Waals surface area contributed by atoms with Gasteiger partial charge in [0.1, 0.15) is 6.54 Å². The van der Waals surface area contributed by atoms with Gasteiger partial charge >= 0.3 is 0 Å². The van der Waals surface area contributed by atoms with Gasteiger partial charge in [0.15, 0.2) is 12.0 Å². The first-order valence-corrected chi connectivity index (χ1v) is 9.89. The van der Waals surface area contributed by atoms with Crippen molar-refractivity contribution in [2.45, 2.75) is 6.54 Å². The maximum absolute atomic E-state index is 13.3. The Kier molecular flexibility index (Phi) is 3.70. The molecule has 7 heteroatoms. The van der Waals surface area contributed by atoms with Gasteiger partial charge in [0.25, 0.3) is 5.56 Å². The van der Waals surface area contributed by atoms with Crippen molar-refractivity contribution in [2.24, 2.45) is 0 Å². The highest BCUT2D eigenvalue weighted by Gasteiger charge is 2.29. The average molecular weight is 406 g/mol. The fourth-order valence-corrected chi connectivity index (χ4v) is 4.04. The van der Waals surface area contributed by atoms with E-state index in [9.17, 15) is 9.59 Å². The monoisotopic (exact) mass is 406 g/mol. The Morgan fingerprint density at radius 3 is 2.61 bits per heavy atom. The lowest BCUT2D eigenvalue weighted by molar-refractivity contribution is -0.745. The molecule has 0 bridgehead atoms. The largest absolute Gasteiger partial charge is 0.285 e. The first-order valence-electron chi connectivity index (χ1n) is 9.89. The SMILES string of the molecule is O=C1c2ccccc2-n2c1nc1ccc(C[n+]3cc(-c4ccccc4)n[nH]3)cc1c2=O. The summed E-state index contributed by atoms with van der Waals surface area (Å²) in [6.07, 6.45) is 1.93. The summed E-state index contributed by atoms with van der Waals surface area (Å²) in [6, 6.07) is 22.5. The highest BCUT2D eigenvalue weighted by atomic mass is 16.1. The van der Waals surface area contributed by atoms with Crippen LogP contribution in [0, 0.1) is 0 Å². The molecule has 1 N–H and O–H groups in total. The van der Waals surface area contributed by atoms with Crippen molar-refractivity contribution in [3.8, 4) is 16.9 Å². The maximum Gasteiger partial charge on any atom is 0.266 e. The van der Waals surface area contributed by atoms with Gasteiger partial charge in [0, 0.05) is 10.7 Å². The molecule has 0 saturated heterocycles. The number of hydrogen-bond acceptors (Lipinski definition) is 4. The smallest absolute Gasteiger partial charge is 0.266 e. The van der Waals surface area contributed by atoms with E-state index in [4.69, 9.17) is 0 Å². The molecule has 0 amide bonds. The predicted octanol–water partition coefficient (Wildman–Crippen LogP) is 2.66. The van der Waals surface area contributed by atoms with Crippen LogP contribution in [-0.4, -0.2) is 25.6 Å². The van der Waals surface area contributed by atoms with Gasteiger partial charge in [-0.15, -0.1) is 0 Å². The second kappa shape index (κ2) is 6.56. The van der Waals surface area contributed by atoms with Gasteiger partial charge in [-0.1, -0.05) is 53.7 Å². The molecule has 31 heavy (non-hydrogen) atoms. The molecule has 0 fully saturated rings. The van der Waals surface area contributed by atoms with E-state index in [1.165, 1.54) is 4.57 Å². The third kappa shape index (κ3) is 2.71. The van der Waals surface area contributed by atoms with Crippen LogP contribution in [0.2, 0.25) is 0 Å². The zero-order valence-corrected chi connectivity index (χ0v) is 16.3. The number of aromatic amines is 1. The Balaban J connectivity index is 1.41. The van der Waals surface area contributed by atoms with E-state index in [0.717, 1.165) is 16.8 Å². The molecule has 5 aromatic rings. The van der Waals surface area contributed by atoms with Crippen LogP contribution in [0.3, 0.4) is 0 Å². The number of benzene rings is 3. The third-order valence-electron chi connectivity index (χ3n) is 5.52. The van der Waals surface area contributed by atoms with Crippen LogP contribution in [0.1, 0.15) is 21.7 Å². The Labute approximate surface area is 176 Å². The molecule has 148 valence electrons. The van der Waals surface area contributed by atoms with Crippen molar-refractivity contribution in [2.75, 3.05) is 0 Å². The van der Waals surface area contributed by atoms with Crippen LogP contribution in [-0.2, 0) is 6.54 Å². The van der Waals surface area contributed by atoms with E-state index >= 15 is 0 Å². The summed E-state index contributed by atoms with van der Waals surface area (Å²) in [4.78, 5) is 30.4. The highest BCUT2D eigenvalue weighted by molar-refractivity contribution is 6.13. The summed E-state index contributed by atoms with van der Waals surface area (Å²) in [5, 5.41) is 7.84. The number of hydrogen-bond donors (Lipinski definition) is 1. The van der Waals surface area contributed by atoms with Crippen LogP contribution < -0.4 is 10.2 Å². The lowest BCUT2D eigenvalue weighted by Crippen LogP contribution is -2.35. The molecule has 1 aliphatic rings. The van der Waals surface area contributed by atoms with Crippen molar-refractivity contribution in [1.82, 2.24) is 19.9 Å². The van der Waals surface area contributed by atoms with Crippen molar-refractivity contribution < 1.29 is 9.48 Å². The summed E-state index contributed by atoms with van der Waals surface area (Å²) in [7, 11) is 0. The summed E-state index contributed by atoms with van der Waals surface area (Å²) in [5.74, 6) is -0.0537.